The fourth-order valence-electron chi connectivity index (χ4n) is 4.24. The maximum Gasteiger partial charge on any atom is 0.418 e. The van der Waals surface area contributed by atoms with Crippen molar-refractivity contribution < 1.29 is 36.6 Å². The lowest BCUT2D eigenvalue weighted by Gasteiger charge is -2.33. The van der Waals surface area contributed by atoms with Gasteiger partial charge in [-0.15, -0.1) is 11.3 Å². The second-order valence-electron chi connectivity index (χ2n) is 8.83. The molecule has 0 bridgehead atoms. The minimum absolute atomic E-state index is 0.0760. The second-order valence-corrected chi connectivity index (χ2v) is 9.70. The van der Waals surface area contributed by atoms with Crippen LogP contribution in [-0.4, -0.2) is 73.2 Å². The molecule has 38 heavy (non-hydrogen) atoms. The lowest BCUT2D eigenvalue weighted by Crippen LogP contribution is -2.45. The molecule has 1 fully saturated rings. The van der Waals surface area contributed by atoms with Crippen LogP contribution in [-0.2, 0) is 11.0 Å². The smallest absolute Gasteiger partial charge is 0.418 e. The number of likely N-dealkylation sites (tertiary alicyclic amines) is 1. The van der Waals surface area contributed by atoms with Gasteiger partial charge >= 0.3 is 12.1 Å². The first-order valence-electron chi connectivity index (χ1n) is 11.6. The Kier molecular flexibility index (Phi) is 8.06. The Morgan fingerprint density at radius 2 is 2.03 bits per heavy atom. The zero-order chi connectivity index (χ0) is 27.5. The summed E-state index contributed by atoms with van der Waals surface area (Å²) in [5.41, 5.74) is -1.92. The molecule has 204 valence electrons. The van der Waals surface area contributed by atoms with Crippen LogP contribution >= 0.6 is 11.3 Å². The quantitative estimate of drug-likeness (QED) is 0.380. The van der Waals surface area contributed by atoms with E-state index < -0.39 is 54.2 Å². The Morgan fingerprint density at radius 1 is 1.24 bits per heavy atom. The minimum atomic E-state index is -4.73. The van der Waals surface area contributed by atoms with Gasteiger partial charge in [0.1, 0.15) is 5.69 Å². The molecule has 0 aromatic carbocycles. The van der Waals surface area contributed by atoms with Crippen molar-refractivity contribution in [3.63, 3.8) is 0 Å². The van der Waals surface area contributed by atoms with Crippen molar-refractivity contribution in [2.45, 2.75) is 43.8 Å². The molecular formula is C23H23F5N6O3S. The highest BCUT2D eigenvalue weighted by atomic mass is 32.1. The number of carboxylic acids is 1. The van der Waals surface area contributed by atoms with E-state index in [0.29, 0.717) is 13.0 Å². The molecule has 3 aromatic heterocycles. The molecule has 0 unspecified atom stereocenters. The van der Waals surface area contributed by atoms with Crippen molar-refractivity contribution in [2.75, 3.05) is 19.6 Å². The highest BCUT2D eigenvalue weighted by molar-refractivity contribution is 7.12. The van der Waals surface area contributed by atoms with E-state index in [1.54, 1.807) is 5.38 Å². The summed E-state index contributed by atoms with van der Waals surface area (Å²) in [7, 11) is 0. The average molecular weight is 559 g/mol. The van der Waals surface area contributed by atoms with Gasteiger partial charge < -0.3 is 10.4 Å². The van der Waals surface area contributed by atoms with Crippen molar-refractivity contribution in [1.29, 1.82) is 0 Å². The van der Waals surface area contributed by atoms with E-state index in [4.69, 9.17) is 0 Å². The van der Waals surface area contributed by atoms with Gasteiger partial charge in [-0.05, 0) is 37.6 Å². The molecule has 2 N–H and O–H groups in total. The van der Waals surface area contributed by atoms with E-state index in [-0.39, 0.29) is 35.9 Å². The van der Waals surface area contributed by atoms with Crippen molar-refractivity contribution >= 4 is 23.2 Å². The largest absolute Gasteiger partial charge is 0.481 e. The van der Waals surface area contributed by atoms with Crippen molar-refractivity contribution in [1.82, 2.24) is 30.0 Å². The SMILES string of the molecule is O=C(O)C[C@H](CCN1CCCC(F)(F)C1)NC(=O)c1cc(-c2ncccc2C(F)(F)F)n(-c2nccs2)n1. The van der Waals surface area contributed by atoms with Gasteiger partial charge in [-0.1, -0.05) is 0 Å². The highest BCUT2D eigenvalue weighted by Gasteiger charge is 2.37. The maximum absolute atomic E-state index is 13.7. The molecule has 1 aliphatic heterocycles. The fourth-order valence-corrected chi connectivity index (χ4v) is 4.84. The number of piperidine rings is 1. The second kappa shape index (κ2) is 11.1. The van der Waals surface area contributed by atoms with Gasteiger partial charge in [-0.2, -0.15) is 18.3 Å². The molecule has 4 rings (SSSR count). The van der Waals surface area contributed by atoms with E-state index in [9.17, 15) is 36.6 Å². The van der Waals surface area contributed by atoms with Gasteiger partial charge in [-0.3, -0.25) is 19.5 Å². The van der Waals surface area contributed by atoms with E-state index in [0.717, 1.165) is 34.2 Å². The van der Waals surface area contributed by atoms with Gasteiger partial charge in [0.2, 0.25) is 5.13 Å². The Morgan fingerprint density at radius 3 is 2.68 bits per heavy atom. The summed E-state index contributed by atoms with van der Waals surface area (Å²) in [4.78, 5) is 33.9. The van der Waals surface area contributed by atoms with Crippen LogP contribution in [0.4, 0.5) is 22.0 Å². The number of halogens is 5. The highest BCUT2D eigenvalue weighted by Crippen LogP contribution is 2.36. The first kappa shape index (κ1) is 27.6. The van der Waals surface area contributed by atoms with Gasteiger partial charge in [0, 0.05) is 36.8 Å². The number of nitrogens with one attached hydrogen (secondary N) is 1. The monoisotopic (exact) mass is 558 g/mol. The number of nitrogens with zero attached hydrogens (tertiary/aromatic N) is 5. The number of thiazole rings is 1. The van der Waals surface area contributed by atoms with Crippen molar-refractivity contribution in [2.24, 2.45) is 0 Å². The lowest BCUT2D eigenvalue weighted by atomic mass is 10.1. The zero-order valence-corrected chi connectivity index (χ0v) is 20.6. The summed E-state index contributed by atoms with van der Waals surface area (Å²) in [5, 5.41) is 17.7. The third-order valence-electron chi connectivity index (χ3n) is 5.92. The lowest BCUT2D eigenvalue weighted by molar-refractivity contribution is -0.138. The summed E-state index contributed by atoms with van der Waals surface area (Å²) in [6, 6.07) is 2.19. The molecule has 1 amide bonds. The van der Waals surface area contributed by atoms with Crippen LogP contribution in [0.15, 0.2) is 36.0 Å². The fraction of sp³-hybridized carbons (Fsp3) is 0.435. The molecule has 1 saturated heterocycles. The molecule has 4 heterocycles. The Balaban J connectivity index is 1.59. The van der Waals surface area contributed by atoms with E-state index in [1.165, 1.54) is 17.3 Å². The molecular weight excluding hydrogens is 535 g/mol. The zero-order valence-electron chi connectivity index (χ0n) is 19.8. The number of amides is 1. The van der Waals surface area contributed by atoms with E-state index in [2.05, 4.69) is 20.4 Å². The minimum Gasteiger partial charge on any atom is -0.481 e. The number of pyridine rings is 1. The van der Waals surface area contributed by atoms with Crippen molar-refractivity contribution in [3.05, 3.63) is 47.2 Å². The molecule has 0 spiro atoms. The van der Waals surface area contributed by atoms with Crippen LogP contribution in [0.2, 0.25) is 0 Å². The topological polar surface area (TPSA) is 113 Å². The Bertz CT molecular complexity index is 1280. The molecule has 15 heteroatoms. The Hall–Kier alpha value is -3.46. The molecule has 0 aliphatic carbocycles. The number of rotatable bonds is 9. The summed E-state index contributed by atoms with van der Waals surface area (Å²) in [6.45, 7) is 0.111. The van der Waals surface area contributed by atoms with Crippen LogP contribution in [0.1, 0.15) is 41.7 Å². The maximum atomic E-state index is 13.7. The van der Waals surface area contributed by atoms with Gasteiger partial charge in [0.05, 0.1) is 24.2 Å². The number of carbonyl (C=O) groups excluding carboxylic acids is 1. The van der Waals surface area contributed by atoms with Crippen LogP contribution in [0.3, 0.4) is 0 Å². The van der Waals surface area contributed by atoms with Gasteiger partial charge in [0.25, 0.3) is 11.8 Å². The average Bonchev–Trinajstić information content (AvgIpc) is 3.51. The van der Waals surface area contributed by atoms with Crippen LogP contribution in [0.25, 0.3) is 16.5 Å². The predicted molar refractivity (Wildman–Crippen MR) is 126 cm³/mol. The van der Waals surface area contributed by atoms with Gasteiger partial charge in [0.15, 0.2) is 5.69 Å². The molecule has 1 atom stereocenters. The first-order chi connectivity index (χ1) is 17.9. The number of aromatic nitrogens is 4. The van der Waals surface area contributed by atoms with Gasteiger partial charge in [-0.25, -0.2) is 18.4 Å². The Labute approximate surface area is 217 Å². The number of hydrogen-bond donors (Lipinski definition) is 2. The molecule has 0 saturated carbocycles. The molecule has 1 aliphatic rings. The number of alkyl halides is 5. The van der Waals surface area contributed by atoms with Crippen LogP contribution in [0.5, 0.6) is 0 Å². The summed E-state index contributed by atoms with van der Waals surface area (Å²) in [6.07, 6.45) is -2.46. The summed E-state index contributed by atoms with van der Waals surface area (Å²) < 4.78 is 69.6. The number of carboxylic acid groups (broad SMARTS) is 1. The van der Waals surface area contributed by atoms with E-state index in [1.807, 2.05) is 0 Å². The molecule has 9 nitrogen and oxygen atoms in total. The van der Waals surface area contributed by atoms with Crippen molar-refractivity contribution in [3.8, 4) is 16.5 Å². The molecule has 3 aromatic rings. The third kappa shape index (κ3) is 6.69. The van der Waals surface area contributed by atoms with Crippen LogP contribution < -0.4 is 5.32 Å². The van der Waals surface area contributed by atoms with E-state index >= 15 is 0 Å². The summed E-state index contributed by atoms with van der Waals surface area (Å²) >= 11 is 1.07. The number of carbonyl (C=O) groups is 2. The third-order valence-corrected chi connectivity index (χ3v) is 6.67. The van der Waals surface area contributed by atoms with Crippen LogP contribution in [0, 0.1) is 0 Å². The number of hydrogen-bond acceptors (Lipinski definition) is 7. The molecule has 0 radical (unpaired) electrons. The first-order valence-corrected chi connectivity index (χ1v) is 12.5. The number of aliphatic carboxylic acids is 1. The standard InChI is InChI=1S/C23H23F5N6O3S/c24-22(25)5-2-8-33(13-22)9-4-14(11-18(35)36)31-20(37)16-12-17(34(32-16)21-30-7-10-38-21)19-15(23(26,27)28)3-1-6-29-19/h1,3,6-7,10,12,14H,2,4-5,8-9,11,13H2,(H,31,37)(H,35,36)/t14-/m0/s1. The summed E-state index contributed by atoms with van der Waals surface area (Å²) in [5.74, 6) is -4.87. The predicted octanol–water partition coefficient (Wildman–Crippen LogP) is 4.10. The normalized spacial score (nSPS) is 16.8.